The van der Waals surface area contributed by atoms with Crippen LogP contribution in [0.5, 0.6) is 0 Å². The highest BCUT2D eigenvalue weighted by molar-refractivity contribution is 7.90. The topological polar surface area (TPSA) is 81.1 Å². The van der Waals surface area contributed by atoms with Crippen LogP contribution in [0, 0.1) is 5.82 Å². The van der Waals surface area contributed by atoms with Crippen molar-refractivity contribution in [1.82, 2.24) is 14.9 Å². The molecule has 0 fully saturated rings. The molecule has 2 aromatic heterocycles. The second-order valence-corrected chi connectivity index (χ2v) is 7.97. The number of amides is 1. The lowest BCUT2D eigenvalue weighted by molar-refractivity contribution is 0.0947. The Bertz CT molecular complexity index is 1070. The second kappa shape index (κ2) is 6.87. The Morgan fingerprint density at radius 1 is 1.23 bits per heavy atom. The van der Waals surface area contributed by atoms with E-state index < -0.39 is 9.84 Å². The Balaban J connectivity index is 2.15. The van der Waals surface area contributed by atoms with E-state index in [2.05, 4.69) is 10.3 Å². The minimum absolute atomic E-state index is 0.0892. The summed E-state index contributed by atoms with van der Waals surface area (Å²) in [5, 5.41) is 3.29. The molecule has 0 atom stereocenters. The lowest BCUT2D eigenvalue weighted by Gasteiger charge is -2.10. The van der Waals surface area contributed by atoms with E-state index in [0.717, 1.165) is 11.8 Å². The van der Waals surface area contributed by atoms with Gasteiger partial charge in [-0.25, -0.2) is 17.8 Å². The molecular weight excluding hydrogens is 357 g/mol. The predicted molar refractivity (Wildman–Crippen MR) is 96.4 cm³/mol. The molecule has 1 N–H and O–H groups in total. The molecular formula is C18H18FN3O3S. The number of carbonyl (C=O) groups excluding carboxylic acids is 1. The Hall–Kier alpha value is -2.74. The van der Waals surface area contributed by atoms with Crippen LogP contribution in [0.15, 0.2) is 47.5 Å². The van der Waals surface area contributed by atoms with Crippen molar-refractivity contribution in [2.24, 2.45) is 0 Å². The third-order valence-corrected chi connectivity index (χ3v) is 5.04. The third-order valence-electron chi connectivity index (χ3n) is 3.96. The van der Waals surface area contributed by atoms with Crippen LogP contribution in [0.3, 0.4) is 0 Å². The molecule has 1 amide bonds. The van der Waals surface area contributed by atoms with Crippen molar-refractivity contribution in [2.75, 3.05) is 12.8 Å². The van der Waals surface area contributed by atoms with E-state index in [1.807, 2.05) is 6.92 Å². The molecule has 8 heteroatoms. The van der Waals surface area contributed by atoms with Crippen molar-refractivity contribution in [1.29, 1.82) is 0 Å². The Morgan fingerprint density at radius 3 is 2.54 bits per heavy atom. The number of aromatic nitrogens is 2. The average Bonchev–Trinajstić information content (AvgIpc) is 2.94. The fourth-order valence-corrected chi connectivity index (χ4v) is 3.29. The van der Waals surface area contributed by atoms with Gasteiger partial charge in [0.05, 0.1) is 4.90 Å². The van der Waals surface area contributed by atoms with E-state index in [4.69, 9.17) is 0 Å². The number of sulfone groups is 1. The van der Waals surface area contributed by atoms with E-state index >= 15 is 0 Å². The maximum atomic E-state index is 13.1. The number of nitrogens with one attached hydrogen (secondary N) is 1. The third kappa shape index (κ3) is 3.60. The number of fused-ring (bicyclic) bond motifs is 1. The molecule has 0 unspecified atom stereocenters. The predicted octanol–water partition coefficient (Wildman–Crippen LogP) is 2.38. The highest BCUT2D eigenvalue weighted by Gasteiger charge is 2.18. The number of hydrogen-bond donors (Lipinski definition) is 1. The van der Waals surface area contributed by atoms with Crippen molar-refractivity contribution < 1.29 is 17.6 Å². The van der Waals surface area contributed by atoms with Crippen LogP contribution in [0.4, 0.5) is 4.39 Å². The van der Waals surface area contributed by atoms with Gasteiger partial charge in [-0.1, -0.05) is 12.1 Å². The molecule has 6 nitrogen and oxygen atoms in total. The van der Waals surface area contributed by atoms with E-state index in [1.54, 1.807) is 22.8 Å². The van der Waals surface area contributed by atoms with Gasteiger partial charge >= 0.3 is 0 Å². The minimum Gasteiger partial charge on any atom is -0.351 e. The van der Waals surface area contributed by atoms with Crippen molar-refractivity contribution in [2.45, 2.75) is 18.4 Å². The lowest BCUT2D eigenvalue weighted by atomic mass is 10.2. The SMILES string of the molecule is CCNC(=O)c1cc2cc(S(C)(=O)=O)cnc2n1Cc1ccc(F)cc1. The van der Waals surface area contributed by atoms with E-state index in [1.165, 1.54) is 24.4 Å². The highest BCUT2D eigenvalue weighted by Crippen LogP contribution is 2.23. The molecule has 3 rings (SSSR count). The fourth-order valence-electron chi connectivity index (χ4n) is 2.70. The van der Waals surface area contributed by atoms with Crippen LogP contribution in [-0.4, -0.2) is 36.7 Å². The molecule has 2 heterocycles. The van der Waals surface area contributed by atoms with Gasteiger partial charge in [0, 0.05) is 30.9 Å². The molecule has 0 saturated carbocycles. The Labute approximate surface area is 150 Å². The Morgan fingerprint density at radius 2 is 1.92 bits per heavy atom. The number of rotatable bonds is 5. The van der Waals surface area contributed by atoms with Crippen LogP contribution in [0.25, 0.3) is 11.0 Å². The van der Waals surface area contributed by atoms with Gasteiger partial charge in [-0.05, 0) is 36.8 Å². The van der Waals surface area contributed by atoms with Crippen LogP contribution in [0.1, 0.15) is 23.0 Å². The first-order valence-corrected chi connectivity index (χ1v) is 9.90. The zero-order chi connectivity index (χ0) is 18.9. The first kappa shape index (κ1) is 18.1. The zero-order valence-corrected chi connectivity index (χ0v) is 15.2. The first-order valence-electron chi connectivity index (χ1n) is 8.01. The maximum absolute atomic E-state index is 13.1. The van der Waals surface area contributed by atoms with Gasteiger partial charge in [-0.15, -0.1) is 0 Å². The number of carbonyl (C=O) groups is 1. The molecule has 0 radical (unpaired) electrons. The monoisotopic (exact) mass is 375 g/mol. The molecule has 0 aliphatic rings. The number of benzene rings is 1. The molecule has 0 bridgehead atoms. The van der Waals surface area contributed by atoms with Gasteiger partial charge in [-0.2, -0.15) is 0 Å². The summed E-state index contributed by atoms with van der Waals surface area (Å²) >= 11 is 0. The molecule has 0 spiro atoms. The zero-order valence-electron chi connectivity index (χ0n) is 14.4. The van der Waals surface area contributed by atoms with E-state index in [-0.39, 0.29) is 16.6 Å². The molecule has 136 valence electrons. The molecule has 26 heavy (non-hydrogen) atoms. The molecule has 1 aromatic carbocycles. The van der Waals surface area contributed by atoms with Crippen LogP contribution < -0.4 is 5.32 Å². The Kier molecular flexibility index (Phi) is 4.78. The number of hydrogen-bond acceptors (Lipinski definition) is 4. The van der Waals surface area contributed by atoms with Gasteiger partial charge in [0.25, 0.3) is 5.91 Å². The summed E-state index contributed by atoms with van der Waals surface area (Å²) in [6, 6.07) is 9.08. The normalized spacial score (nSPS) is 11.7. The summed E-state index contributed by atoms with van der Waals surface area (Å²) in [7, 11) is -3.41. The van der Waals surface area contributed by atoms with Crippen molar-refractivity contribution in [3.8, 4) is 0 Å². The van der Waals surface area contributed by atoms with Gasteiger partial charge in [0.1, 0.15) is 17.2 Å². The van der Waals surface area contributed by atoms with Gasteiger partial charge in [0.15, 0.2) is 9.84 Å². The van der Waals surface area contributed by atoms with Crippen molar-refractivity contribution in [3.63, 3.8) is 0 Å². The molecule has 0 aliphatic heterocycles. The summed E-state index contributed by atoms with van der Waals surface area (Å²) in [5.41, 5.74) is 1.65. The number of nitrogens with zero attached hydrogens (tertiary/aromatic N) is 2. The number of pyridine rings is 1. The van der Waals surface area contributed by atoms with Gasteiger partial charge in [-0.3, -0.25) is 4.79 Å². The number of halogens is 1. The fraction of sp³-hybridized carbons (Fsp3) is 0.222. The van der Waals surface area contributed by atoms with Crippen molar-refractivity contribution >= 4 is 26.8 Å². The van der Waals surface area contributed by atoms with E-state index in [9.17, 15) is 17.6 Å². The van der Waals surface area contributed by atoms with Crippen molar-refractivity contribution in [3.05, 3.63) is 59.7 Å². The lowest BCUT2D eigenvalue weighted by Crippen LogP contribution is -2.25. The van der Waals surface area contributed by atoms with E-state index in [0.29, 0.717) is 29.8 Å². The summed E-state index contributed by atoms with van der Waals surface area (Å²) < 4.78 is 38.4. The first-order chi connectivity index (χ1) is 12.3. The molecule has 0 saturated heterocycles. The van der Waals surface area contributed by atoms with Crippen LogP contribution in [-0.2, 0) is 16.4 Å². The van der Waals surface area contributed by atoms with Gasteiger partial charge < -0.3 is 9.88 Å². The van der Waals surface area contributed by atoms with Gasteiger partial charge in [0.2, 0.25) is 0 Å². The summed E-state index contributed by atoms with van der Waals surface area (Å²) in [4.78, 5) is 16.8. The standard InChI is InChI=1S/C18H18FN3O3S/c1-3-20-18(23)16-9-13-8-15(26(2,24)25)10-21-17(13)22(16)11-12-4-6-14(19)7-5-12/h4-10H,3,11H2,1-2H3,(H,20,23). The largest absolute Gasteiger partial charge is 0.351 e. The van der Waals surface area contributed by atoms with Crippen LogP contribution >= 0.6 is 0 Å². The summed E-state index contributed by atoms with van der Waals surface area (Å²) in [5.74, 6) is -0.625. The quantitative estimate of drug-likeness (QED) is 0.742. The molecule has 0 aliphatic carbocycles. The van der Waals surface area contributed by atoms with Crippen LogP contribution in [0.2, 0.25) is 0 Å². The minimum atomic E-state index is -3.41. The summed E-state index contributed by atoms with van der Waals surface area (Å²) in [6.07, 6.45) is 2.39. The highest BCUT2D eigenvalue weighted by atomic mass is 32.2. The molecule has 3 aromatic rings. The maximum Gasteiger partial charge on any atom is 0.267 e. The second-order valence-electron chi connectivity index (χ2n) is 5.96. The smallest absolute Gasteiger partial charge is 0.267 e. The summed E-state index contributed by atoms with van der Waals surface area (Å²) in [6.45, 7) is 2.57. The average molecular weight is 375 g/mol.